The summed E-state index contributed by atoms with van der Waals surface area (Å²) in [6, 6.07) is 0. The van der Waals surface area contributed by atoms with E-state index in [2.05, 4.69) is 24.1 Å². The second-order valence-electron chi connectivity index (χ2n) is 4.07. The van der Waals surface area contributed by atoms with Crippen LogP contribution < -0.4 is 5.32 Å². The SMILES string of the molecule is CCN(CC)CCNC(C)(C)C(=O)OC. The third-order valence-electron chi connectivity index (χ3n) is 2.59. The van der Waals surface area contributed by atoms with Gasteiger partial charge in [-0.15, -0.1) is 0 Å². The maximum Gasteiger partial charge on any atom is 0.325 e. The van der Waals surface area contributed by atoms with E-state index in [-0.39, 0.29) is 5.97 Å². The van der Waals surface area contributed by atoms with Gasteiger partial charge in [0.15, 0.2) is 0 Å². The zero-order valence-corrected chi connectivity index (χ0v) is 10.6. The molecule has 0 aromatic carbocycles. The fourth-order valence-electron chi connectivity index (χ4n) is 1.39. The maximum atomic E-state index is 11.4. The molecule has 0 spiro atoms. The van der Waals surface area contributed by atoms with Gasteiger partial charge in [-0.25, -0.2) is 0 Å². The Morgan fingerprint density at radius 3 is 2.27 bits per heavy atom. The largest absolute Gasteiger partial charge is 0.468 e. The van der Waals surface area contributed by atoms with Gasteiger partial charge in [0.1, 0.15) is 5.54 Å². The van der Waals surface area contributed by atoms with Crippen molar-refractivity contribution in [3.05, 3.63) is 0 Å². The molecule has 0 amide bonds. The van der Waals surface area contributed by atoms with Gasteiger partial charge >= 0.3 is 5.97 Å². The van der Waals surface area contributed by atoms with Crippen LogP contribution in [0, 0.1) is 0 Å². The highest BCUT2D eigenvalue weighted by molar-refractivity contribution is 5.79. The van der Waals surface area contributed by atoms with E-state index in [1.165, 1.54) is 7.11 Å². The molecule has 90 valence electrons. The molecular formula is C11H24N2O2. The Bertz CT molecular complexity index is 189. The Kier molecular flexibility index (Phi) is 6.52. The summed E-state index contributed by atoms with van der Waals surface area (Å²) in [5.41, 5.74) is -0.595. The molecule has 0 saturated carbocycles. The first-order valence-corrected chi connectivity index (χ1v) is 5.53. The molecule has 0 radical (unpaired) electrons. The first-order chi connectivity index (χ1) is 6.97. The van der Waals surface area contributed by atoms with Crippen molar-refractivity contribution in [1.82, 2.24) is 10.2 Å². The average Bonchev–Trinajstić information content (AvgIpc) is 2.23. The first-order valence-electron chi connectivity index (χ1n) is 5.53. The fourth-order valence-corrected chi connectivity index (χ4v) is 1.39. The molecule has 0 aliphatic carbocycles. The van der Waals surface area contributed by atoms with Gasteiger partial charge in [0.05, 0.1) is 7.11 Å². The van der Waals surface area contributed by atoms with Crippen molar-refractivity contribution in [2.75, 3.05) is 33.3 Å². The third-order valence-corrected chi connectivity index (χ3v) is 2.59. The van der Waals surface area contributed by atoms with Crippen LogP contribution in [0.15, 0.2) is 0 Å². The summed E-state index contributed by atoms with van der Waals surface area (Å²) in [6.07, 6.45) is 0. The molecule has 0 aliphatic heterocycles. The van der Waals surface area contributed by atoms with E-state index in [4.69, 9.17) is 4.74 Å². The van der Waals surface area contributed by atoms with Gasteiger partial charge in [0.2, 0.25) is 0 Å². The molecule has 0 aromatic heterocycles. The van der Waals surface area contributed by atoms with E-state index in [0.29, 0.717) is 0 Å². The van der Waals surface area contributed by atoms with Crippen molar-refractivity contribution in [1.29, 1.82) is 0 Å². The lowest BCUT2D eigenvalue weighted by Gasteiger charge is -2.25. The van der Waals surface area contributed by atoms with E-state index in [9.17, 15) is 4.79 Å². The molecule has 1 N–H and O–H groups in total. The molecule has 15 heavy (non-hydrogen) atoms. The highest BCUT2D eigenvalue weighted by atomic mass is 16.5. The molecule has 0 bridgehead atoms. The number of likely N-dealkylation sites (N-methyl/N-ethyl adjacent to an activating group) is 1. The molecular weight excluding hydrogens is 192 g/mol. The average molecular weight is 216 g/mol. The topological polar surface area (TPSA) is 41.6 Å². The Balaban J connectivity index is 3.88. The summed E-state index contributed by atoms with van der Waals surface area (Å²) >= 11 is 0. The molecule has 0 saturated heterocycles. The normalized spacial score (nSPS) is 11.9. The van der Waals surface area contributed by atoms with Crippen LogP contribution in [0.4, 0.5) is 0 Å². The Morgan fingerprint density at radius 2 is 1.87 bits per heavy atom. The number of carbonyl (C=O) groups is 1. The fraction of sp³-hybridized carbons (Fsp3) is 0.909. The van der Waals surface area contributed by atoms with Gasteiger partial charge in [0, 0.05) is 13.1 Å². The van der Waals surface area contributed by atoms with E-state index >= 15 is 0 Å². The molecule has 0 fully saturated rings. The number of methoxy groups -OCH3 is 1. The number of esters is 1. The second kappa shape index (κ2) is 6.80. The van der Waals surface area contributed by atoms with Crippen molar-refractivity contribution < 1.29 is 9.53 Å². The monoisotopic (exact) mass is 216 g/mol. The summed E-state index contributed by atoms with van der Waals surface area (Å²) in [5.74, 6) is -0.220. The summed E-state index contributed by atoms with van der Waals surface area (Å²) in [5, 5.41) is 3.19. The van der Waals surface area contributed by atoms with Crippen LogP contribution in [0.3, 0.4) is 0 Å². The number of rotatable bonds is 7. The quantitative estimate of drug-likeness (QED) is 0.641. The van der Waals surface area contributed by atoms with Gasteiger partial charge in [-0.3, -0.25) is 4.79 Å². The van der Waals surface area contributed by atoms with Crippen molar-refractivity contribution in [3.63, 3.8) is 0 Å². The van der Waals surface area contributed by atoms with Gasteiger partial charge in [0.25, 0.3) is 0 Å². The number of nitrogens with one attached hydrogen (secondary N) is 1. The van der Waals surface area contributed by atoms with E-state index < -0.39 is 5.54 Å². The van der Waals surface area contributed by atoms with Crippen molar-refractivity contribution >= 4 is 5.97 Å². The lowest BCUT2D eigenvalue weighted by Crippen LogP contribution is -2.49. The van der Waals surface area contributed by atoms with Crippen LogP contribution in [0.2, 0.25) is 0 Å². The Hall–Kier alpha value is -0.610. The van der Waals surface area contributed by atoms with Crippen LogP contribution in [-0.4, -0.2) is 49.7 Å². The van der Waals surface area contributed by atoms with E-state index in [1.807, 2.05) is 13.8 Å². The molecule has 0 atom stereocenters. The van der Waals surface area contributed by atoms with Crippen LogP contribution in [-0.2, 0) is 9.53 Å². The van der Waals surface area contributed by atoms with Gasteiger partial charge in [-0.05, 0) is 26.9 Å². The summed E-state index contributed by atoms with van der Waals surface area (Å²) in [4.78, 5) is 13.7. The maximum absolute atomic E-state index is 11.4. The van der Waals surface area contributed by atoms with E-state index in [1.54, 1.807) is 0 Å². The number of nitrogens with zero attached hydrogens (tertiary/aromatic N) is 1. The summed E-state index contributed by atoms with van der Waals surface area (Å²) in [7, 11) is 1.41. The van der Waals surface area contributed by atoms with Gasteiger partial charge in [-0.1, -0.05) is 13.8 Å². The number of hydrogen-bond acceptors (Lipinski definition) is 4. The number of carbonyl (C=O) groups excluding carboxylic acids is 1. The first kappa shape index (κ1) is 14.4. The molecule has 0 unspecified atom stereocenters. The van der Waals surface area contributed by atoms with Crippen molar-refractivity contribution in [2.24, 2.45) is 0 Å². The van der Waals surface area contributed by atoms with Crippen molar-refractivity contribution in [2.45, 2.75) is 33.2 Å². The standard InChI is InChI=1S/C11H24N2O2/c1-6-13(7-2)9-8-12-11(3,4)10(14)15-5/h12H,6-9H2,1-5H3. The van der Waals surface area contributed by atoms with Crippen LogP contribution in [0.1, 0.15) is 27.7 Å². The highest BCUT2D eigenvalue weighted by Gasteiger charge is 2.27. The molecule has 0 rings (SSSR count). The number of ether oxygens (including phenoxy) is 1. The molecule has 4 heteroatoms. The minimum atomic E-state index is -0.595. The zero-order valence-electron chi connectivity index (χ0n) is 10.6. The number of hydrogen-bond donors (Lipinski definition) is 1. The van der Waals surface area contributed by atoms with Gasteiger partial charge in [-0.2, -0.15) is 0 Å². The molecule has 4 nitrogen and oxygen atoms in total. The van der Waals surface area contributed by atoms with Crippen LogP contribution in [0.25, 0.3) is 0 Å². The predicted molar refractivity (Wildman–Crippen MR) is 61.9 cm³/mol. The minimum absolute atomic E-state index is 0.220. The zero-order chi connectivity index (χ0) is 11.9. The summed E-state index contributed by atoms with van der Waals surface area (Å²) < 4.78 is 4.71. The molecule has 0 aromatic rings. The van der Waals surface area contributed by atoms with Crippen LogP contribution >= 0.6 is 0 Å². The second-order valence-corrected chi connectivity index (χ2v) is 4.07. The molecule has 0 heterocycles. The summed E-state index contributed by atoms with van der Waals surface area (Å²) in [6.45, 7) is 11.8. The van der Waals surface area contributed by atoms with Crippen molar-refractivity contribution in [3.8, 4) is 0 Å². The smallest absolute Gasteiger partial charge is 0.325 e. The lowest BCUT2D eigenvalue weighted by molar-refractivity contribution is -0.147. The van der Waals surface area contributed by atoms with E-state index in [0.717, 1.165) is 26.2 Å². The highest BCUT2D eigenvalue weighted by Crippen LogP contribution is 2.03. The Labute approximate surface area is 93.0 Å². The Morgan fingerprint density at radius 1 is 1.33 bits per heavy atom. The van der Waals surface area contributed by atoms with Gasteiger partial charge < -0.3 is 15.0 Å². The lowest BCUT2D eigenvalue weighted by atomic mass is 10.1. The predicted octanol–water partition coefficient (Wildman–Crippen LogP) is 0.869. The third kappa shape index (κ3) is 5.14. The minimum Gasteiger partial charge on any atom is -0.468 e. The molecule has 0 aliphatic rings. The van der Waals surface area contributed by atoms with Crippen LogP contribution in [0.5, 0.6) is 0 Å².